The Bertz CT molecular complexity index is 513. The Morgan fingerprint density at radius 1 is 1.23 bits per heavy atom. The molecule has 1 aromatic carbocycles. The summed E-state index contributed by atoms with van der Waals surface area (Å²) in [6, 6.07) is 7.71. The highest BCUT2D eigenvalue weighted by Crippen LogP contribution is 2.12. The zero-order chi connectivity index (χ0) is 15.9. The highest BCUT2D eigenvalue weighted by atomic mass is 79.9. The van der Waals surface area contributed by atoms with Gasteiger partial charge >= 0.3 is 6.03 Å². The van der Waals surface area contributed by atoms with Crippen molar-refractivity contribution in [2.24, 2.45) is 0 Å². The molecule has 0 aromatic heterocycles. The van der Waals surface area contributed by atoms with Gasteiger partial charge in [0.05, 0.1) is 0 Å². The summed E-state index contributed by atoms with van der Waals surface area (Å²) in [4.78, 5) is 27.4. The van der Waals surface area contributed by atoms with Crippen molar-refractivity contribution in [2.45, 2.75) is 25.8 Å². The third kappa shape index (κ3) is 5.02. The van der Waals surface area contributed by atoms with E-state index in [9.17, 15) is 9.59 Å². The lowest BCUT2D eigenvalue weighted by Crippen LogP contribution is -2.39. The molecule has 0 bridgehead atoms. The van der Waals surface area contributed by atoms with Crippen molar-refractivity contribution < 1.29 is 9.59 Å². The van der Waals surface area contributed by atoms with Crippen LogP contribution in [0, 0.1) is 0 Å². The molecule has 5 nitrogen and oxygen atoms in total. The first-order valence-electron chi connectivity index (χ1n) is 7.57. The predicted molar refractivity (Wildman–Crippen MR) is 89.4 cm³/mol. The maximum absolute atomic E-state index is 12.0. The number of rotatable bonds is 5. The third-order valence-electron chi connectivity index (χ3n) is 3.75. The number of benzene rings is 1. The van der Waals surface area contributed by atoms with E-state index in [4.69, 9.17) is 0 Å². The fraction of sp³-hybridized carbons (Fsp3) is 0.500. The van der Waals surface area contributed by atoms with E-state index >= 15 is 0 Å². The van der Waals surface area contributed by atoms with Gasteiger partial charge in [-0.3, -0.25) is 4.79 Å². The van der Waals surface area contributed by atoms with E-state index in [0.717, 1.165) is 36.0 Å². The average Bonchev–Trinajstić information content (AvgIpc) is 3.03. The number of hydrogen-bond donors (Lipinski definition) is 1. The third-order valence-corrected chi connectivity index (χ3v) is 4.28. The molecule has 0 saturated carbocycles. The van der Waals surface area contributed by atoms with Gasteiger partial charge in [0, 0.05) is 44.1 Å². The van der Waals surface area contributed by atoms with Gasteiger partial charge in [0.25, 0.3) is 0 Å². The summed E-state index contributed by atoms with van der Waals surface area (Å²) in [5.74, 6) is 0.133. The molecular weight excluding hydrogens is 346 g/mol. The number of urea groups is 1. The topological polar surface area (TPSA) is 52.7 Å². The highest BCUT2D eigenvalue weighted by molar-refractivity contribution is 9.10. The smallest absolute Gasteiger partial charge is 0.317 e. The Morgan fingerprint density at radius 2 is 1.86 bits per heavy atom. The molecule has 1 aromatic rings. The molecule has 0 spiro atoms. The monoisotopic (exact) mass is 367 g/mol. The second-order valence-corrected chi connectivity index (χ2v) is 6.47. The zero-order valence-electron chi connectivity index (χ0n) is 12.8. The molecule has 3 amide bonds. The SMILES string of the molecule is CN(Cc1ccc(Br)cc1)C(=O)NCCC(=O)N1CCCC1. The van der Waals surface area contributed by atoms with Gasteiger partial charge in [-0.2, -0.15) is 0 Å². The lowest BCUT2D eigenvalue weighted by atomic mass is 10.2. The number of halogens is 1. The van der Waals surface area contributed by atoms with Crippen molar-refractivity contribution in [1.29, 1.82) is 0 Å². The Morgan fingerprint density at radius 3 is 2.50 bits per heavy atom. The molecule has 2 rings (SSSR count). The van der Waals surface area contributed by atoms with E-state index in [0.29, 0.717) is 19.5 Å². The number of likely N-dealkylation sites (tertiary alicyclic amines) is 1. The van der Waals surface area contributed by atoms with Crippen LogP contribution < -0.4 is 5.32 Å². The number of nitrogens with one attached hydrogen (secondary N) is 1. The van der Waals surface area contributed by atoms with Crippen LogP contribution in [-0.4, -0.2) is 48.4 Å². The molecule has 22 heavy (non-hydrogen) atoms. The van der Waals surface area contributed by atoms with Crippen LogP contribution in [0.25, 0.3) is 0 Å². The standard InChI is InChI=1S/C16H22BrN3O2/c1-19(12-13-4-6-14(17)7-5-13)16(22)18-9-8-15(21)20-10-2-3-11-20/h4-7H,2-3,8-12H2,1H3,(H,18,22). The first-order valence-corrected chi connectivity index (χ1v) is 8.37. The van der Waals surface area contributed by atoms with Crippen LogP contribution >= 0.6 is 15.9 Å². The number of hydrogen-bond acceptors (Lipinski definition) is 2. The second-order valence-electron chi connectivity index (χ2n) is 5.55. The van der Waals surface area contributed by atoms with Crippen molar-refractivity contribution in [3.8, 4) is 0 Å². The minimum atomic E-state index is -0.155. The van der Waals surface area contributed by atoms with Crippen LogP contribution in [0.15, 0.2) is 28.7 Å². The van der Waals surface area contributed by atoms with Crippen LogP contribution in [0.3, 0.4) is 0 Å². The fourth-order valence-corrected chi connectivity index (χ4v) is 2.74. The summed E-state index contributed by atoms with van der Waals surface area (Å²) in [5.41, 5.74) is 1.06. The maximum atomic E-state index is 12.0. The summed E-state index contributed by atoms with van der Waals surface area (Å²) in [6.45, 7) is 2.64. The predicted octanol–water partition coefficient (Wildman–Crippen LogP) is 2.60. The molecule has 0 aliphatic carbocycles. The molecule has 1 saturated heterocycles. The van der Waals surface area contributed by atoms with Gasteiger partial charge in [0.1, 0.15) is 0 Å². The molecule has 0 unspecified atom stereocenters. The first-order chi connectivity index (χ1) is 10.6. The second kappa shape index (κ2) is 8.17. The summed E-state index contributed by atoms with van der Waals surface area (Å²) in [5, 5.41) is 2.80. The Hall–Kier alpha value is -1.56. The van der Waals surface area contributed by atoms with Crippen LogP contribution in [0.5, 0.6) is 0 Å². The van der Waals surface area contributed by atoms with E-state index in [2.05, 4.69) is 21.2 Å². The minimum Gasteiger partial charge on any atom is -0.343 e. The molecular formula is C16H22BrN3O2. The van der Waals surface area contributed by atoms with Gasteiger partial charge in [-0.05, 0) is 30.5 Å². The van der Waals surface area contributed by atoms with E-state index in [1.165, 1.54) is 0 Å². The molecule has 1 N–H and O–H groups in total. The van der Waals surface area contributed by atoms with Gasteiger partial charge in [-0.25, -0.2) is 4.79 Å². The Balaban J connectivity index is 1.69. The van der Waals surface area contributed by atoms with Crippen LogP contribution in [0.2, 0.25) is 0 Å². The maximum Gasteiger partial charge on any atom is 0.317 e. The summed E-state index contributed by atoms with van der Waals surface area (Å²) in [6.07, 6.45) is 2.56. The van der Waals surface area contributed by atoms with Crippen LogP contribution in [0.1, 0.15) is 24.8 Å². The van der Waals surface area contributed by atoms with Gasteiger partial charge in [-0.1, -0.05) is 28.1 Å². The van der Waals surface area contributed by atoms with Crippen molar-refractivity contribution in [3.63, 3.8) is 0 Å². The molecule has 1 aliphatic heterocycles. The number of amides is 3. The van der Waals surface area contributed by atoms with Gasteiger partial charge < -0.3 is 15.1 Å². The molecule has 1 heterocycles. The normalized spacial score (nSPS) is 14.0. The molecule has 1 aliphatic rings. The van der Waals surface area contributed by atoms with Gasteiger partial charge in [-0.15, -0.1) is 0 Å². The van der Waals surface area contributed by atoms with E-state index in [1.54, 1.807) is 11.9 Å². The summed E-state index contributed by atoms with van der Waals surface area (Å²) >= 11 is 3.39. The molecule has 6 heteroatoms. The van der Waals surface area contributed by atoms with E-state index in [1.807, 2.05) is 29.2 Å². The van der Waals surface area contributed by atoms with Crippen LogP contribution in [-0.2, 0) is 11.3 Å². The van der Waals surface area contributed by atoms with Gasteiger partial charge in [0.15, 0.2) is 0 Å². The number of nitrogens with zero attached hydrogens (tertiary/aromatic N) is 2. The Kier molecular flexibility index (Phi) is 6.24. The molecule has 0 radical (unpaired) electrons. The van der Waals surface area contributed by atoms with E-state index in [-0.39, 0.29) is 11.9 Å². The van der Waals surface area contributed by atoms with Crippen molar-refractivity contribution in [1.82, 2.24) is 15.1 Å². The number of carbonyl (C=O) groups excluding carboxylic acids is 2. The van der Waals surface area contributed by atoms with Crippen LogP contribution in [0.4, 0.5) is 4.79 Å². The summed E-state index contributed by atoms with van der Waals surface area (Å²) < 4.78 is 1.02. The fourth-order valence-electron chi connectivity index (χ4n) is 2.47. The lowest BCUT2D eigenvalue weighted by Gasteiger charge is -2.19. The number of carbonyl (C=O) groups is 2. The van der Waals surface area contributed by atoms with Crippen molar-refractivity contribution >= 4 is 27.9 Å². The van der Waals surface area contributed by atoms with Crippen molar-refractivity contribution in [3.05, 3.63) is 34.3 Å². The highest BCUT2D eigenvalue weighted by Gasteiger charge is 2.17. The summed E-state index contributed by atoms with van der Waals surface area (Å²) in [7, 11) is 1.75. The molecule has 1 fully saturated rings. The first kappa shape index (κ1) is 16.8. The van der Waals surface area contributed by atoms with E-state index < -0.39 is 0 Å². The molecule has 120 valence electrons. The molecule has 0 atom stereocenters. The minimum absolute atomic E-state index is 0.133. The zero-order valence-corrected chi connectivity index (χ0v) is 14.4. The quantitative estimate of drug-likeness (QED) is 0.869. The van der Waals surface area contributed by atoms with Crippen molar-refractivity contribution in [2.75, 3.05) is 26.7 Å². The lowest BCUT2D eigenvalue weighted by molar-refractivity contribution is -0.129. The largest absolute Gasteiger partial charge is 0.343 e. The Labute approximate surface area is 139 Å². The average molecular weight is 368 g/mol. The van der Waals surface area contributed by atoms with Gasteiger partial charge in [0.2, 0.25) is 5.91 Å².